The first-order valence-electron chi connectivity index (χ1n) is 7.16. The van der Waals surface area contributed by atoms with Crippen molar-refractivity contribution in [2.75, 3.05) is 0 Å². The van der Waals surface area contributed by atoms with Crippen molar-refractivity contribution in [2.45, 2.75) is 62.0 Å². The Labute approximate surface area is 116 Å². The standard InChI is InChI=1S/C17H24S/c1-4-6-7-15-8-10-16(11-9-15)18-17(12-13-17)14(3)5-2/h8-11H,3-7,12-13H2,1-2H3. The molecule has 0 heterocycles. The van der Waals surface area contributed by atoms with E-state index in [9.17, 15) is 0 Å². The van der Waals surface area contributed by atoms with E-state index in [1.165, 1.54) is 48.1 Å². The van der Waals surface area contributed by atoms with Gasteiger partial charge in [0.15, 0.2) is 0 Å². The molecule has 0 amide bonds. The van der Waals surface area contributed by atoms with Crippen molar-refractivity contribution in [2.24, 2.45) is 0 Å². The summed E-state index contributed by atoms with van der Waals surface area (Å²) in [5, 5.41) is 0. The molecule has 0 saturated heterocycles. The van der Waals surface area contributed by atoms with Gasteiger partial charge in [-0.1, -0.05) is 44.6 Å². The topological polar surface area (TPSA) is 0 Å². The Morgan fingerprint density at radius 3 is 2.39 bits per heavy atom. The average molecular weight is 260 g/mol. The monoisotopic (exact) mass is 260 g/mol. The number of rotatable bonds is 7. The van der Waals surface area contributed by atoms with E-state index in [4.69, 9.17) is 0 Å². The lowest BCUT2D eigenvalue weighted by atomic mass is 10.1. The Morgan fingerprint density at radius 2 is 1.89 bits per heavy atom. The Morgan fingerprint density at radius 1 is 1.22 bits per heavy atom. The lowest BCUT2D eigenvalue weighted by Gasteiger charge is -2.16. The maximum atomic E-state index is 4.24. The van der Waals surface area contributed by atoms with Crippen molar-refractivity contribution in [3.63, 3.8) is 0 Å². The van der Waals surface area contributed by atoms with Crippen molar-refractivity contribution in [1.82, 2.24) is 0 Å². The first-order chi connectivity index (χ1) is 8.70. The summed E-state index contributed by atoms with van der Waals surface area (Å²) in [6.45, 7) is 8.71. The van der Waals surface area contributed by atoms with E-state index in [2.05, 4.69) is 44.7 Å². The molecule has 0 atom stereocenters. The zero-order valence-corrected chi connectivity index (χ0v) is 12.5. The first-order valence-corrected chi connectivity index (χ1v) is 7.98. The highest BCUT2D eigenvalue weighted by Crippen LogP contribution is 2.56. The van der Waals surface area contributed by atoms with Gasteiger partial charge >= 0.3 is 0 Å². The van der Waals surface area contributed by atoms with E-state index in [1.807, 2.05) is 11.8 Å². The molecule has 0 spiro atoms. The molecule has 1 aliphatic carbocycles. The number of aryl methyl sites for hydroxylation is 1. The molecule has 0 nitrogen and oxygen atoms in total. The van der Waals surface area contributed by atoms with Gasteiger partial charge in [0.1, 0.15) is 0 Å². The molecule has 1 saturated carbocycles. The van der Waals surface area contributed by atoms with Crippen molar-refractivity contribution in [3.8, 4) is 0 Å². The second-order valence-electron chi connectivity index (χ2n) is 5.30. The van der Waals surface area contributed by atoms with Crippen LogP contribution in [0.1, 0.15) is 51.5 Å². The molecule has 18 heavy (non-hydrogen) atoms. The molecule has 0 aliphatic heterocycles. The Kier molecular flexibility index (Phi) is 4.55. The minimum atomic E-state index is 0.375. The largest absolute Gasteiger partial charge is 0.115 e. The van der Waals surface area contributed by atoms with Crippen LogP contribution in [0, 0.1) is 0 Å². The Hall–Kier alpha value is -0.690. The van der Waals surface area contributed by atoms with Crippen LogP contribution < -0.4 is 0 Å². The van der Waals surface area contributed by atoms with Crippen LogP contribution in [-0.2, 0) is 6.42 Å². The van der Waals surface area contributed by atoms with Gasteiger partial charge in [-0.25, -0.2) is 0 Å². The number of unbranched alkanes of at least 4 members (excludes halogenated alkanes) is 1. The first kappa shape index (κ1) is 13.7. The number of hydrogen-bond donors (Lipinski definition) is 0. The quantitative estimate of drug-likeness (QED) is 0.573. The SMILES string of the molecule is C=C(CC)C1(Sc2ccc(CCCC)cc2)CC1. The van der Waals surface area contributed by atoms with Crippen molar-refractivity contribution >= 4 is 11.8 Å². The highest BCUT2D eigenvalue weighted by atomic mass is 32.2. The summed E-state index contributed by atoms with van der Waals surface area (Å²) < 4.78 is 0.375. The molecule has 1 heteroatoms. The predicted octanol–water partition coefficient (Wildman–Crippen LogP) is 5.62. The molecule has 1 fully saturated rings. The van der Waals surface area contributed by atoms with Crippen LogP contribution in [0.25, 0.3) is 0 Å². The van der Waals surface area contributed by atoms with Gasteiger partial charge in [0.25, 0.3) is 0 Å². The second kappa shape index (κ2) is 5.97. The van der Waals surface area contributed by atoms with E-state index < -0.39 is 0 Å². The fourth-order valence-electron chi connectivity index (χ4n) is 2.29. The summed E-state index contributed by atoms with van der Waals surface area (Å²) in [7, 11) is 0. The third-order valence-corrected chi connectivity index (χ3v) is 5.43. The highest BCUT2D eigenvalue weighted by molar-refractivity contribution is 8.01. The molecule has 0 aromatic heterocycles. The van der Waals surface area contributed by atoms with Crippen molar-refractivity contribution in [1.29, 1.82) is 0 Å². The van der Waals surface area contributed by atoms with E-state index in [0.717, 1.165) is 6.42 Å². The number of benzene rings is 1. The van der Waals surface area contributed by atoms with Crippen LogP contribution in [0.5, 0.6) is 0 Å². The molecule has 0 radical (unpaired) electrons. The lowest BCUT2D eigenvalue weighted by Crippen LogP contribution is -2.05. The molecule has 98 valence electrons. The van der Waals surface area contributed by atoms with E-state index in [-0.39, 0.29) is 0 Å². The molecule has 1 aromatic carbocycles. The normalized spacial score (nSPS) is 16.6. The molecular weight excluding hydrogens is 236 g/mol. The Bertz CT molecular complexity index is 398. The van der Waals surface area contributed by atoms with Crippen LogP contribution in [0.3, 0.4) is 0 Å². The fraction of sp³-hybridized carbons (Fsp3) is 0.529. The second-order valence-corrected chi connectivity index (χ2v) is 6.76. The maximum Gasteiger partial charge on any atom is 0.0413 e. The van der Waals surface area contributed by atoms with Gasteiger partial charge in [-0.15, -0.1) is 11.8 Å². The summed E-state index contributed by atoms with van der Waals surface area (Å²) in [4.78, 5) is 1.40. The van der Waals surface area contributed by atoms with Crippen molar-refractivity contribution in [3.05, 3.63) is 42.0 Å². The molecule has 1 aliphatic rings. The predicted molar refractivity (Wildman–Crippen MR) is 82.3 cm³/mol. The summed E-state index contributed by atoms with van der Waals surface area (Å²) in [6, 6.07) is 9.17. The molecule has 2 rings (SSSR count). The number of thioether (sulfide) groups is 1. The Balaban J connectivity index is 1.96. The third-order valence-electron chi connectivity index (χ3n) is 3.83. The third kappa shape index (κ3) is 3.20. The van der Waals surface area contributed by atoms with E-state index in [1.54, 1.807) is 0 Å². The van der Waals surface area contributed by atoms with Gasteiger partial charge < -0.3 is 0 Å². The molecule has 0 bridgehead atoms. The summed E-state index contributed by atoms with van der Waals surface area (Å²) in [5.74, 6) is 0. The summed E-state index contributed by atoms with van der Waals surface area (Å²) in [5.41, 5.74) is 2.89. The van der Waals surface area contributed by atoms with Gasteiger partial charge in [0, 0.05) is 9.64 Å². The minimum Gasteiger partial charge on any atom is -0.115 e. The van der Waals surface area contributed by atoms with Gasteiger partial charge in [-0.05, 0) is 49.8 Å². The van der Waals surface area contributed by atoms with Gasteiger partial charge in [0.2, 0.25) is 0 Å². The molecule has 0 N–H and O–H groups in total. The van der Waals surface area contributed by atoms with Crippen LogP contribution in [-0.4, -0.2) is 4.75 Å². The zero-order valence-electron chi connectivity index (χ0n) is 11.7. The zero-order chi connectivity index (χ0) is 13.0. The van der Waals surface area contributed by atoms with Crippen LogP contribution in [0.4, 0.5) is 0 Å². The van der Waals surface area contributed by atoms with Crippen LogP contribution in [0.2, 0.25) is 0 Å². The highest BCUT2D eigenvalue weighted by Gasteiger charge is 2.45. The fourth-order valence-corrected chi connectivity index (χ4v) is 3.61. The average Bonchev–Trinajstić information content (AvgIpc) is 3.18. The molecule has 0 unspecified atom stereocenters. The van der Waals surface area contributed by atoms with E-state index >= 15 is 0 Å². The summed E-state index contributed by atoms with van der Waals surface area (Å²) >= 11 is 2.02. The lowest BCUT2D eigenvalue weighted by molar-refractivity contribution is 0.794. The minimum absolute atomic E-state index is 0.375. The van der Waals surface area contributed by atoms with Gasteiger partial charge in [-0.3, -0.25) is 0 Å². The van der Waals surface area contributed by atoms with Crippen LogP contribution in [0.15, 0.2) is 41.3 Å². The van der Waals surface area contributed by atoms with Crippen molar-refractivity contribution < 1.29 is 0 Å². The van der Waals surface area contributed by atoms with Gasteiger partial charge in [0.05, 0.1) is 0 Å². The summed E-state index contributed by atoms with van der Waals surface area (Å²) in [6.07, 6.45) is 7.51. The smallest absolute Gasteiger partial charge is 0.0413 e. The maximum absolute atomic E-state index is 4.24. The van der Waals surface area contributed by atoms with Crippen LogP contribution >= 0.6 is 11.8 Å². The number of hydrogen-bond acceptors (Lipinski definition) is 1. The molecular formula is C17H24S. The van der Waals surface area contributed by atoms with Gasteiger partial charge in [-0.2, -0.15) is 0 Å². The van der Waals surface area contributed by atoms with E-state index in [0.29, 0.717) is 4.75 Å². The molecule has 1 aromatic rings.